The highest BCUT2D eigenvalue weighted by atomic mass is 15.0. The topological polar surface area (TPSA) is 59.7 Å². The summed E-state index contributed by atoms with van der Waals surface area (Å²) in [5, 5.41) is 15.5. The zero-order valence-corrected chi connectivity index (χ0v) is 28.8. The molecule has 0 spiro atoms. The summed E-state index contributed by atoms with van der Waals surface area (Å²) in [4.78, 5) is 0. The van der Waals surface area contributed by atoms with Crippen LogP contribution in [0, 0.1) is 12.3 Å². The van der Waals surface area contributed by atoms with Gasteiger partial charge in [-0.15, -0.1) is 0 Å². The van der Waals surface area contributed by atoms with E-state index < -0.39 is 0 Å². The minimum Gasteiger partial charge on any atom is -0.398 e. The van der Waals surface area contributed by atoms with E-state index in [-0.39, 0.29) is 0 Å². The Kier molecular flexibility index (Phi) is 7.63. The zero-order valence-electron chi connectivity index (χ0n) is 28.8. The van der Waals surface area contributed by atoms with Crippen molar-refractivity contribution in [1.82, 2.24) is 9.13 Å². The molecule has 0 unspecified atom stereocenters. The van der Waals surface area contributed by atoms with E-state index >= 15 is 0 Å². The van der Waals surface area contributed by atoms with Crippen molar-refractivity contribution in [3.8, 4) is 11.4 Å². The van der Waals surface area contributed by atoms with Crippen LogP contribution in [0.4, 0.5) is 5.69 Å². The molecule has 0 aliphatic rings. The third-order valence-electron chi connectivity index (χ3n) is 10.1. The van der Waals surface area contributed by atoms with Crippen LogP contribution in [0.5, 0.6) is 0 Å². The van der Waals surface area contributed by atoms with E-state index in [1.807, 2.05) is 66.7 Å². The average Bonchev–Trinajstić information content (AvgIpc) is 3.72. The van der Waals surface area contributed by atoms with Crippen molar-refractivity contribution >= 4 is 65.8 Å². The van der Waals surface area contributed by atoms with E-state index in [0.717, 1.165) is 21.9 Å². The molecule has 0 aliphatic heterocycles. The third kappa shape index (κ3) is 5.12. The smallest absolute Gasteiger partial charge is 0.0705 e. The summed E-state index contributed by atoms with van der Waals surface area (Å²) in [6.45, 7) is 2.13. The van der Waals surface area contributed by atoms with E-state index in [2.05, 4.69) is 131 Å². The first-order valence-electron chi connectivity index (χ1n) is 17.6. The molecule has 0 amide bonds. The first kappa shape index (κ1) is 31.1. The minimum absolute atomic E-state index is 0.462. The highest BCUT2D eigenvalue weighted by molar-refractivity contribution is 6.18. The normalized spacial score (nSPS) is 11.3. The number of anilines is 1. The van der Waals surface area contributed by atoms with Gasteiger partial charge in [-0.1, -0.05) is 145 Å². The maximum Gasteiger partial charge on any atom is 0.0705 e. The molecule has 0 radical (unpaired) electrons. The van der Waals surface area contributed by atoms with Gasteiger partial charge in [-0.05, 0) is 54.8 Å². The lowest BCUT2D eigenvalue weighted by atomic mass is 9.97. The van der Waals surface area contributed by atoms with Crippen molar-refractivity contribution < 1.29 is 0 Å². The molecule has 0 fully saturated rings. The van der Waals surface area contributed by atoms with Crippen molar-refractivity contribution in [1.29, 1.82) is 5.41 Å². The number of aromatic nitrogens is 2. The summed E-state index contributed by atoms with van der Waals surface area (Å²) in [6.07, 6.45) is 0. The number of benzene rings is 8. The Morgan fingerprint density at radius 2 is 1.00 bits per heavy atom. The number of rotatable bonds is 4. The fourth-order valence-corrected chi connectivity index (χ4v) is 7.61. The van der Waals surface area contributed by atoms with Gasteiger partial charge in [0, 0.05) is 49.4 Å². The molecule has 10 rings (SSSR count). The maximum absolute atomic E-state index is 8.31. The van der Waals surface area contributed by atoms with Crippen LogP contribution in [-0.4, -0.2) is 14.8 Å². The molecule has 8 aromatic carbocycles. The molecule has 0 atom stereocenters. The van der Waals surface area contributed by atoms with Gasteiger partial charge in [-0.2, -0.15) is 0 Å². The molecule has 0 saturated heterocycles. The predicted octanol–water partition coefficient (Wildman–Crippen LogP) is 12.0. The second kappa shape index (κ2) is 12.8. The fraction of sp³-hybridized carbons (Fsp3) is 0.0208. The number of hydrogen-bond donors (Lipinski definition) is 2. The largest absolute Gasteiger partial charge is 0.398 e. The van der Waals surface area contributed by atoms with Gasteiger partial charge < -0.3 is 14.9 Å². The van der Waals surface area contributed by atoms with Gasteiger partial charge in [-0.25, -0.2) is 0 Å². The number of aryl methyl sites for hydroxylation is 1. The molecule has 0 bridgehead atoms. The van der Waals surface area contributed by atoms with Crippen LogP contribution < -0.4 is 5.73 Å². The second-order valence-corrected chi connectivity index (χ2v) is 13.2. The number of nitrogens with zero attached hydrogens (tertiary/aromatic N) is 2. The van der Waals surface area contributed by atoms with Crippen LogP contribution in [0.2, 0.25) is 0 Å². The highest BCUT2D eigenvalue weighted by Gasteiger charge is 2.19. The first-order valence-corrected chi connectivity index (χ1v) is 17.6. The molecule has 0 aliphatic carbocycles. The van der Waals surface area contributed by atoms with Gasteiger partial charge in [0.05, 0.1) is 33.5 Å². The lowest BCUT2D eigenvalue weighted by Gasteiger charge is -2.11. The average molecular weight is 669 g/mol. The van der Waals surface area contributed by atoms with Gasteiger partial charge in [0.2, 0.25) is 0 Å². The molecule has 10 aromatic rings. The fourth-order valence-electron chi connectivity index (χ4n) is 7.61. The quantitative estimate of drug-likeness (QED) is 0.142. The van der Waals surface area contributed by atoms with Crippen molar-refractivity contribution in [2.24, 2.45) is 0 Å². The maximum atomic E-state index is 8.31. The molecule has 52 heavy (non-hydrogen) atoms. The first-order chi connectivity index (χ1) is 25.6. The lowest BCUT2D eigenvalue weighted by molar-refractivity contribution is 1.17. The Labute approximate surface area is 302 Å². The van der Waals surface area contributed by atoms with Crippen molar-refractivity contribution in [3.63, 3.8) is 0 Å². The molecule has 0 saturated carbocycles. The van der Waals surface area contributed by atoms with Gasteiger partial charge >= 0.3 is 0 Å². The van der Waals surface area contributed by atoms with Gasteiger partial charge in [-0.3, -0.25) is 5.41 Å². The molecule has 4 nitrogen and oxygen atoms in total. The Balaban J connectivity index is 0.000000161. The van der Waals surface area contributed by atoms with E-state index in [9.17, 15) is 0 Å². The van der Waals surface area contributed by atoms with Gasteiger partial charge in [0.1, 0.15) is 0 Å². The van der Waals surface area contributed by atoms with E-state index in [4.69, 9.17) is 11.1 Å². The van der Waals surface area contributed by atoms with Gasteiger partial charge in [0.15, 0.2) is 0 Å². The lowest BCUT2D eigenvalue weighted by Crippen LogP contribution is -2.05. The van der Waals surface area contributed by atoms with E-state index in [1.54, 1.807) is 0 Å². The standard InChI is InChI=1S/C31H22N2.C17H14N2/c1-21-17-19-22(20-18-21)32-28-14-7-4-11-25(28)31-29(32)15-8-16-30(31)33-26-12-5-2-9-23(26)24-10-3-6-13-27(24)33;18-16(13-7-2-1-3-8-13)15-11-10-12-6-4-5-9-14(12)17(15)19/h2-20H,1H3;1-11,18H,19H2. The molecular weight excluding hydrogens is 633 g/mol. The van der Waals surface area contributed by atoms with Crippen LogP contribution in [0.1, 0.15) is 16.7 Å². The van der Waals surface area contributed by atoms with Crippen LogP contribution >= 0.6 is 0 Å². The summed E-state index contributed by atoms with van der Waals surface area (Å²) in [5.74, 6) is 0. The highest BCUT2D eigenvalue weighted by Crippen LogP contribution is 2.39. The molecular formula is C48H36N4. The van der Waals surface area contributed by atoms with Crippen molar-refractivity contribution in [3.05, 3.63) is 199 Å². The Morgan fingerprint density at radius 3 is 1.67 bits per heavy atom. The predicted molar refractivity (Wildman–Crippen MR) is 221 cm³/mol. The Bertz CT molecular complexity index is 2880. The number of para-hydroxylation sites is 3. The minimum atomic E-state index is 0.462. The molecule has 2 aromatic heterocycles. The van der Waals surface area contributed by atoms with Crippen LogP contribution in [-0.2, 0) is 0 Å². The van der Waals surface area contributed by atoms with Crippen molar-refractivity contribution in [2.75, 3.05) is 5.73 Å². The Morgan fingerprint density at radius 1 is 0.462 bits per heavy atom. The number of nitrogen functional groups attached to an aromatic ring is 1. The van der Waals surface area contributed by atoms with Crippen molar-refractivity contribution in [2.45, 2.75) is 6.92 Å². The number of fused-ring (bicyclic) bond motifs is 7. The SMILES string of the molecule is Cc1ccc(-n2c3ccccc3c3c(-n4c5ccccc5c5ccccc54)cccc32)cc1.N=C(c1ccccc1)c1ccc2ccccc2c1N. The molecule has 4 heteroatoms. The summed E-state index contributed by atoms with van der Waals surface area (Å²) in [6, 6.07) is 63.3. The summed E-state index contributed by atoms with van der Waals surface area (Å²) < 4.78 is 4.82. The molecule has 2 heterocycles. The zero-order chi connectivity index (χ0) is 35.2. The monoisotopic (exact) mass is 668 g/mol. The van der Waals surface area contributed by atoms with Crippen LogP contribution in [0.25, 0.3) is 65.8 Å². The van der Waals surface area contributed by atoms with E-state index in [0.29, 0.717) is 11.4 Å². The number of hydrogen-bond acceptors (Lipinski definition) is 2. The third-order valence-corrected chi connectivity index (χ3v) is 10.1. The Hall–Kier alpha value is -6.91. The number of nitrogens with two attached hydrogens (primary N) is 1. The van der Waals surface area contributed by atoms with E-state index in [1.165, 1.54) is 60.5 Å². The number of nitrogens with one attached hydrogen (secondary N) is 1. The second-order valence-electron chi connectivity index (χ2n) is 13.2. The van der Waals surface area contributed by atoms with Gasteiger partial charge in [0.25, 0.3) is 0 Å². The van der Waals surface area contributed by atoms with Crippen LogP contribution in [0.15, 0.2) is 182 Å². The summed E-state index contributed by atoms with van der Waals surface area (Å²) in [7, 11) is 0. The summed E-state index contributed by atoms with van der Waals surface area (Å²) in [5.41, 5.74) is 17.6. The van der Waals surface area contributed by atoms with Crippen LogP contribution in [0.3, 0.4) is 0 Å². The molecule has 3 N–H and O–H groups in total. The molecule has 248 valence electrons. The summed E-state index contributed by atoms with van der Waals surface area (Å²) >= 11 is 0.